The Kier molecular flexibility index (Phi) is 7.73. The molecule has 0 aliphatic heterocycles. The maximum atomic E-state index is 12.7. The minimum absolute atomic E-state index is 0.118. The molecule has 40 heavy (non-hydrogen) atoms. The van der Waals surface area contributed by atoms with Crippen molar-refractivity contribution in [2.75, 3.05) is 5.32 Å². The summed E-state index contributed by atoms with van der Waals surface area (Å²) in [5.74, 6) is 1.90. The standard InChI is InChI=1S/C33H33N3O4/c1-23-10-16-30(24(2)18-23)39-22-36-20-27(19-34-36)35-32(37)31-17-15-29(40-31)21-38-28-13-11-26(12-14-28)33(3,4)25-8-6-5-7-9-25/h5-20H,21-22H2,1-4H3,(H,35,37). The molecule has 0 fully saturated rings. The third kappa shape index (κ3) is 6.26. The van der Waals surface area contributed by atoms with Gasteiger partial charge in [0.15, 0.2) is 12.5 Å². The van der Waals surface area contributed by atoms with Crippen LogP contribution in [0, 0.1) is 13.8 Å². The molecule has 0 saturated carbocycles. The predicted molar refractivity (Wildman–Crippen MR) is 155 cm³/mol. The molecule has 2 aromatic heterocycles. The Bertz CT molecular complexity index is 1580. The number of nitrogens with zero attached hydrogens (tertiary/aromatic N) is 2. The van der Waals surface area contributed by atoms with Gasteiger partial charge >= 0.3 is 0 Å². The lowest BCUT2D eigenvalue weighted by Gasteiger charge is -2.26. The van der Waals surface area contributed by atoms with Crippen molar-refractivity contribution < 1.29 is 18.7 Å². The fourth-order valence-corrected chi connectivity index (χ4v) is 4.51. The third-order valence-corrected chi connectivity index (χ3v) is 6.91. The zero-order valence-corrected chi connectivity index (χ0v) is 23.2. The lowest BCUT2D eigenvalue weighted by atomic mass is 9.78. The van der Waals surface area contributed by atoms with Gasteiger partial charge in [0.2, 0.25) is 0 Å². The summed E-state index contributed by atoms with van der Waals surface area (Å²) in [4.78, 5) is 12.7. The number of carbonyl (C=O) groups is 1. The first-order chi connectivity index (χ1) is 19.3. The van der Waals surface area contributed by atoms with Gasteiger partial charge in [0, 0.05) is 5.41 Å². The van der Waals surface area contributed by atoms with Crippen molar-refractivity contribution >= 4 is 11.6 Å². The Morgan fingerprint density at radius 2 is 1.68 bits per heavy atom. The Hall–Kier alpha value is -4.78. The summed E-state index contributed by atoms with van der Waals surface area (Å²) in [5, 5.41) is 7.06. The van der Waals surface area contributed by atoms with Gasteiger partial charge < -0.3 is 19.2 Å². The van der Waals surface area contributed by atoms with Crippen molar-refractivity contribution in [2.45, 2.75) is 46.4 Å². The molecular weight excluding hydrogens is 502 g/mol. The molecule has 0 unspecified atom stereocenters. The molecule has 5 rings (SSSR count). The number of benzene rings is 3. The molecular formula is C33H33N3O4. The Morgan fingerprint density at radius 3 is 2.42 bits per heavy atom. The average molecular weight is 536 g/mol. The Balaban J connectivity index is 1.12. The van der Waals surface area contributed by atoms with Crippen molar-refractivity contribution in [1.82, 2.24) is 9.78 Å². The van der Waals surface area contributed by atoms with E-state index in [1.54, 1.807) is 29.2 Å². The van der Waals surface area contributed by atoms with Crippen molar-refractivity contribution in [1.29, 1.82) is 0 Å². The van der Waals surface area contributed by atoms with Gasteiger partial charge in [0.25, 0.3) is 5.91 Å². The molecule has 7 nitrogen and oxygen atoms in total. The fourth-order valence-electron chi connectivity index (χ4n) is 4.51. The number of hydrogen-bond acceptors (Lipinski definition) is 5. The molecule has 2 heterocycles. The zero-order chi connectivity index (χ0) is 28.1. The van der Waals surface area contributed by atoms with E-state index in [2.05, 4.69) is 66.7 Å². The highest BCUT2D eigenvalue weighted by atomic mass is 16.5. The first kappa shape index (κ1) is 26.8. The first-order valence-electron chi connectivity index (χ1n) is 13.2. The number of anilines is 1. The molecule has 1 N–H and O–H groups in total. The molecule has 0 aliphatic carbocycles. The number of aromatic nitrogens is 2. The third-order valence-electron chi connectivity index (χ3n) is 6.91. The van der Waals surface area contributed by atoms with Gasteiger partial charge in [-0.05, 0) is 60.9 Å². The molecule has 7 heteroatoms. The highest BCUT2D eigenvalue weighted by Gasteiger charge is 2.22. The topological polar surface area (TPSA) is 78.5 Å². The highest BCUT2D eigenvalue weighted by Crippen LogP contribution is 2.32. The number of nitrogens with one attached hydrogen (secondary N) is 1. The van der Waals surface area contributed by atoms with Crippen molar-refractivity contribution in [3.05, 3.63) is 131 Å². The Morgan fingerprint density at radius 1 is 0.925 bits per heavy atom. The molecule has 3 aromatic carbocycles. The molecule has 0 spiro atoms. The molecule has 204 valence electrons. The molecule has 0 bridgehead atoms. The van der Waals surface area contributed by atoms with E-state index in [1.165, 1.54) is 16.7 Å². The van der Waals surface area contributed by atoms with Crippen molar-refractivity contribution in [3.8, 4) is 11.5 Å². The first-order valence-corrected chi connectivity index (χ1v) is 13.2. The van der Waals surface area contributed by atoms with Crippen LogP contribution in [-0.4, -0.2) is 15.7 Å². The zero-order valence-electron chi connectivity index (χ0n) is 23.2. The van der Waals surface area contributed by atoms with E-state index in [0.29, 0.717) is 11.4 Å². The number of carbonyl (C=O) groups excluding carboxylic acids is 1. The number of aryl methyl sites for hydroxylation is 2. The van der Waals surface area contributed by atoms with Crippen LogP contribution in [0.1, 0.15) is 52.4 Å². The lowest BCUT2D eigenvalue weighted by Crippen LogP contribution is -2.18. The van der Waals surface area contributed by atoms with Crippen LogP contribution in [0.5, 0.6) is 11.5 Å². The smallest absolute Gasteiger partial charge is 0.291 e. The van der Waals surface area contributed by atoms with Gasteiger partial charge in [0.1, 0.15) is 23.9 Å². The van der Waals surface area contributed by atoms with Gasteiger partial charge in [-0.2, -0.15) is 5.10 Å². The van der Waals surface area contributed by atoms with Crippen LogP contribution >= 0.6 is 0 Å². The molecule has 0 atom stereocenters. The molecule has 0 radical (unpaired) electrons. The average Bonchev–Trinajstić information content (AvgIpc) is 3.62. The monoisotopic (exact) mass is 535 g/mol. The van der Waals surface area contributed by atoms with Gasteiger partial charge in [-0.3, -0.25) is 4.79 Å². The van der Waals surface area contributed by atoms with E-state index in [0.717, 1.165) is 17.1 Å². The quantitative estimate of drug-likeness (QED) is 0.203. The van der Waals surface area contributed by atoms with E-state index in [4.69, 9.17) is 13.9 Å². The summed E-state index contributed by atoms with van der Waals surface area (Å²) in [6.45, 7) is 8.90. The highest BCUT2D eigenvalue weighted by molar-refractivity contribution is 6.02. The molecule has 1 amide bonds. The van der Waals surface area contributed by atoms with Crippen LogP contribution in [0.3, 0.4) is 0 Å². The second-order valence-corrected chi connectivity index (χ2v) is 10.3. The van der Waals surface area contributed by atoms with E-state index < -0.39 is 0 Å². The predicted octanol–water partition coefficient (Wildman–Crippen LogP) is 7.29. The Labute approximate surface area is 234 Å². The van der Waals surface area contributed by atoms with E-state index >= 15 is 0 Å². The lowest BCUT2D eigenvalue weighted by molar-refractivity contribution is 0.0992. The van der Waals surface area contributed by atoms with Gasteiger partial charge in [0.05, 0.1) is 18.1 Å². The maximum absolute atomic E-state index is 12.7. The van der Waals surface area contributed by atoms with E-state index in [-0.39, 0.29) is 30.4 Å². The number of amides is 1. The normalized spacial score (nSPS) is 11.3. The van der Waals surface area contributed by atoms with E-state index in [1.807, 2.05) is 44.2 Å². The molecule has 0 saturated heterocycles. The number of hydrogen-bond donors (Lipinski definition) is 1. The summed E-state index contributed by atoms with van der Waals surface area (Å²) in [5.41, 5.74) is 5.11. The minimum atomic E-state index is -0.367. The van der Waals surface area contributed by atoms with Crippen LogP contribution < -0.4 is 14.8 Å². The van der Waals surface area contributed by atoms with Crippen LogP contribution in [0.2, 0.25) is 0 Å². The maximum Gasteiger partial charge on any atom is 0.291 e. The number of ether oxygens (including phenoxy) is 2. The SMILES string of the molecule is Cc1ccc(OCn2cc(NC(=O)c3ccc(COc4ccc(C(C)(C)c5ccccc5)cc4)o3)cn2)c(C)c1. The van der Waals surface area contributed by atoms with E-state index in [9.17, 15) is 4.79 Å². The summed E-state index contributed by atoms with van der Waals surface area (Å²) in [6.07, 6.45) is 3.27. The summed E-state index contributed by atoms with van der Waals surface area (Å²) in [6, 6.07) is 27.9. The van der Waals surface area contributed by atoms with Crippen molar-refractivity contribution in [3.63, 3.8) is 0 Å². The second kappa shape index (κ2) is 11.5. The van der Waals surface area contributed by atoms with Crippen LogP contribution in [-0.2, 0) is 18.8 Å². The van der Waals surface area contributed by atoms with Crippen molar-refractivity contribution in [2.24, 2.45) is 0 Å². The van der Waals surface area contributed by atoms with Crippen LogP contribution in [0.15, 0.2) is 102 Å². The summed E-state index contributed by atoms with van der Waals surface area (Å²) in [7, 11) is 0. The molecule has 5 aromatic rings. The largest absolute Gasteiger partial charge is 0.486 e. The van der Waals surface area contributed by atoms with Gasteiger partial charge in [-0.25, -0.2) is 4.68 Å². The second-order valence-electron chi connectivity index (χ2n) is 10.3. The summed E-state index contributed by atoms with van der Waals surface area (Å²) < 4.78 is 19.1. The van der Waals surface area contributed by atoms with Gasteiger partial charge in [-0.1, -0.05) is 74.0 Å². The fraction of sp³-hybridized carbons (Fsp3) is 0.212. The minimum Gasteiger partial charge on any atom is -0.486 e. The van der Waals surface area contributed by atoms with Gasteiger partial charge in [-0.15, -0.1) is 0 Å². The number of rotatable bonds is 10. The molecule has 0 aliphatic rings. The number of furan rings is 1. The van der Waals surface area contributed by atoms with Crippen LogP contribution in [0.4, 0.5) is 5.69 Å². The van der Waals surface area contributed by atoms with Crippen LogP contribution in [0.25, 0.3) is 0 Å². The summed E-state index contributed by atoms with van der Waals surface area (Å²) >= 11 is 0.